The van der Waals surface area contributed by atoms with E-state index in [0.29, 0.717) is 20.6 Å². The summed E-state index contributed by atoms with van der Waals surface area (Å²) < 4.78 is 33.1. The standard InChI is InChI=1S/C27H25Cl2N3O7S/c1-38-24-10-7-20(28)12-18(24)11-19-14-30-25(33)15-32(27(19)35)40(36,37)21-8-9-23(29)22(13-21)26(34)31-39-16-17-5-3-2-4-6-17/h2-10,12-13,19H,11,14-16H2,1H3,(H,30,33)(H,31,34). The lowest BCUT2D eigenvalue weighted by molar-refractivity contribution is -0.131. The van der Waals surface area contributed by atoms with E-state index in [2.05, 4.69) is 10.8 Å². The summed E-state index contributed by atoms with van der Waals surface area (Å²) >= 11 is 12.3. The fourth-order valence-corrected chi connectivity index (χ4v) is 5.94. The van der Waals surface area contributed by atoms with Crippen LogP contribution >= 0.6 is 23.2 Å². The lowest BCUT2D eigenvalue weighted by Crippen LogP contribution is -2.42. The summed E-state index contributed by atoms with van der Waals surface area (Å²) in [7, 11) is -3.11. The van der Waals surface area contributed by atoms with Gasteiger partial charge >= 0.3 is 0 Å². The number of ether oxygens (including phenoxy) is 1. The molecule has 10 nitrogen and oxygen atoms in total. The molecule has 0 aliphatic carbocycles. The highest BCUT2D eigenvalue weighted by Crippen LogP contribution is 2.29. The minimum Gasteiger partial charge on any atom is -0.496 e. The molecule has 3 amide bonds. The van der Waals surface area contributed by atoms with Crippen LogP contribution in [0.3, 0.4) is 0 Å². The first-order chi connectivity index (χ1) is 19.1. The van der Waals surface area contributed by atoms with Crippen molar-refractivity contribution in [2.45, 2.75) is 17.9 Å². The molecule has 13 heteroatoms. The molecule has 0 saturated carbocycles. The topological polar surface area (TPSA) is 131 Å². The quantitative estimate of drug-likeness (QED) is 0.357. The van der Waals surface area contributed by atoms with Gasteiger partial charge in [0.15, 0.2) is 0 Å². The van der Waals surface area contributed by atoms with Gasteiger partial charge in [0.05, 0.1) is 35.1 Å². The van der Waals surface area contributed by atoms with E-state index >= 15 is 0 Å². The Kier molecular flexibility index (Phi) is 9.31. The van der Waals surface area contributed by atoms with Gasteiger partial charge in [-0.25, -0.2) is 18.2 Å². The van der Waals surface area contributed by atoms with Crippen molar-refractivity contribution < 1.29 is 32.4 Å². The van der Waals surface area contributed by atoms with Crippen molar-refractivity contribution in [3.8, 4) is 5.75 Å². The molecule has 1 saturated heterocycles. The van der Waals surface area contributed by atoms with E-state index in [1.54, 1.807) is 30.3 Å². The number of benzene rings is 3. The maximum absolute atomic E-state index is 13.6. The monoisotopic (exact) mass is 605 g/mol. The summed E-state index contributed by atoms with van der Waals surface area (Å²) in [6.07, 6.45) is 0.0574. The van der Waals surface area contributed by atoms with Crippen LogP contribution in [-0.2, 0) is 37.5 Å². The van der Waals surface area contributed by atoms with E-state index < -0.39 is 45.1 Å². The average molecular weight is 606 g/mol. The maximum Gasteiger partial charge on any atom is 0.276 e. The summed E-state index contributed by atoms with van der Waals surface area (Å²) in [4.78, 5) is 43.5. The van der Waals surface area contributed by atoms with E-state index in [4.69, 9.17) is 32.8 Å². The molecule has 1 heterocycles. The first-order valence-corrected chi connectivity index (χ1v) is 14.2. The molecule has 0 bridgehead atoms. The summed E-state index contributed by atoms with van der Waals surface area (Å²) in [6, 6.07) is 17.3. The SMILES string of the molecule is COc1ccc(Cl)cc1CC1CNC(=O)CN(S(=O)(=O)c2ccc(Cl)c(C(=O)NOCc3ccccc3)c2)C1=O. The van der Waals surface area contributed by atoms with Gasteiger partial charge in [-0.1, -0.05) is 53.5 Å². The van der Waals surface area contributed by atoms with Crippen molar-refractivity contribution >= 4 is 50.9 Å². The molecule has 210 valence electrons. The Morgan fingerprint density at radius 2 is 1.82 bits per heavy atom. The molecule has 1 unspecified atom stereocenters. The molecule has 3 aromatic carbocycles. The number of nitrogens with zero attached hydrogens (tertiary/aromatic N) is 1. The predicted molar refractivity (Wildman–Crippen MR) is 147 cm³/mol. The van der Waals surface area contributed by atoms with Crippen LogP contribution < -0.4 is 15.5 Å². The Labute approximate surface area is 241 Å². The number of sulfonamides is 1. The molecule has 4 rings (SSSR count). The van der Waals surface area contributed by atoms with Crippen molar-refractivity contribution in [1.82, 2.24) is 15.1 Å². The molecule has 0 spiro atoms. The Hall–Kier alpha value is -3.64. The molecule has 2 N–H and O–H groups in total. The van der Waals surface area contributed by atoms with Crippen molar-refractivity contribution in [2.24, 2.45) is 5.92 Å². The van der Waals surface area contributed by atoms with Gasteiger partial charge in [-0.05, 0) is 53.9 Å². The molecule has 1 aliphatic rings. The number of hydroxylamine groups is 1. The molecular weight excluding hydrogens is 581 g/mol. The number of methoxy groups -OCH3 is 1. The zero-order chi connectivity index (χ0) is 28.9. The smallest absolute Gasteiger partial charge is 0.276 e. The maximum atomic E-state index is 13.6. The molecule has 3 aromatic rings. The number of hydrogen-bond donors (Lipinski definition) is 2. The average Bonchev–Trinajstić information content (AvgIpc) is 3.08. The Balaban J connectivity index is 1.57. The lowest BCUT2D eigenvalue weighted by Gasteiger charge is -2.23. The first kappa shape index (κ1) is 29.3. The van der Waals surface area contributed by atoms with Crippen LogP contribution in [0, 0.1) is 5.92 Å². The summed E-state index contributed by atoms with van der Waals surface area (Å²) in [6.45, 7) is -0.751. The van der Waals surface area contributed by atoms with Gasteiger partial charge in [-0.15, -0.1) is 0 Å². The van der Waals surface area contributed by atoms with Crippen LogP contribution in [0.25, 0.3) is 0 Å². The van der Waals surface area contributed by atoms with Crippen LogP contribution in [0.15, 0.2) is 71.6 Å². The van der Waals surface area contributed by atoms with Crippen LogP contribution in [0.5, 0.6) is 5.75 Å². The molecular formula is C27H25Cl2N3O7S. The number of nitrogens with one attached hydrogen (secondary N) is 2. The van der Waals surface area contributed by atoms with Gasteiger partial charge in [0.25, 0.3) is 15.9 Å². The third-order valence-corrected chi connectivity index (χ3v) is 8.46. The van der Waals surface area contributed by atoms with Gasteiger partial charge in [-0.2, -0.15) is 0 Å². The van der Waals surface area contributed by atoms with Gasteiger partial charge in [0.2, 0.25) is 11.8 Å². The number of amides is 3. The van der Waals surface area contributed by atoms with E-state index in [9.17, 15) is 22.8 Å². The summed E-state index contributed by atoms with van der Waals surface area (Å²) in [5.74, 6) is -2.71. The highest BCUT2D eigenvalue weighted by molar-refractivity contribution is 7.89. The minimum absolute atomic E-state index is 0.0365. The van der Waals surface area contributed by atoms with Crippen LogP contribution in [0.4, 0.5) is 0 Å². The van der Waals surface area contributed by atoms with Crippen molar-refractivity contribution in [1.29, 1.82) is 0 Å². The zero-order valence-electron chi connectivity index (χ0n) is 21.2. The fraction of sp³-hybridized carbons (Fsp3) is 0.222. The van der Waals surface area contributed by atoms with Crippen molar-refractivity contribution in [3.63, 3.8) is 0 Å². The normalized spacial score (nSPS) is 15.8. The summed E-state index contributed by atoms with van der Waals surface area (Å²) in [5.41, 5.74) is 3.42. The van der Waals surface area contributed by atoms with E-state index in [0.717, 1.165) is 17.7 Å². The fourth-order valence-electron chi connectivity index (χ4n) is 4.11. The number of halogens is 2. The van der Waals surface area contributed by atoms with Gasteiger partial charge in [0, 0.05) is 11.6 Å². The second-order valence-corrected chi connectivity index (χ2v) is 11.6. The number of hydrogen-bond acceptors (Lipinski definition) is 7. The van der Waals surface area contributed by atoms with E-state index in [1.807, 2.05) is 18.2 Å². The highest BCUT2D eigenvalue weighted by atomic mass is 35.5. The molecule has 40 heavy (non-hydrogen) atoms. The lowest BCUT2D eigenvalue weighted by atomic mass is 9.98. The second kappa shape index (κ2) is 12.7. The molecule has 0 aromatic heterocycles. The van der Waals surface area contributed by atoms with Crippen LogP contribution in [0.2, 0.25) is 10.0 Å². The third kappa shape index (κ3) is 6.73. The second-order valence-electron chi connectivity index (χ2n) is 8.86. The van der Waals surface area contributed by atoms with Crippen LogP contribution in [0.1, 0.15) is 21.5 Å². The minimum atomic E-state index is -4.57. The van der Waals surface area contributed by atoms with Crippen molar-refractivity contribution in [3.05, 3.63) is 93.5 Å². The Morgan fingerprint density at radius 3 is 2.55 bits per heavy atom. The molecule has 1 atom stereocenters. The highest BCUT2D eigenvalue weighted by Gasteiger charge is 2.38. The predicted octanol–water partition coefficient (Wildman–Crippen LogP) is 3.37. The number of carbonyl (C=O) groups excluding carboxylic acids is 3. The Morgan fingerprint density at radius 1 is 1.07 bits per heavy atom. The van der Waals surface area contributed by atoms with Gasteiger partial charge in [-0.3, -0.25) is 19.2 Å². The molecule has 0 radical (unpaired) electrons. The zero-order valence-corrected chi connectivity index (χ0v) is 23.6. The molecule has 1 fully saturated rings. The molecule has 1 aliphatic heterocycles. The van der Waals surface area contributed by atoms with E-state index in [1.165, 1.54) is 13.2 Å². The first-order valence-electron chi connectivity index (χ1n) is 12.0. The Bertz CT molecular complexity index is 1530. The third-order valence-electron chi connectivity index (χ3n) is 6.15. The van der Waals surface area contributed by atoms with Crippen molar-refractivity contribution in [2.75, 3.05) is 20.2 Å². The largest absolute Gasteiger partial charge is 0.496 e. The van der Waals surface area contributed by atoms with E-state index in [-0.39, 0.29) is 30.2 Å². The number of carbonyl (C=O) groups is 3. The van der Waals surface area contributed by atoms with Gasteiger partial charge in [0.1, 0.15) is 12.3 Å². The summed E-state index contributed by atoms with van der Waals surface area (Å²) in [5, 5.41) is 2.96. The van der Waals surface area contributed by atoms with Gasteiger partial charge < -0.3 is 10.1 Å². The van der Waals surface area contributed by atoms with Crippen LogP contribution in [-0.4, -0.2) is 50.6 Å². The number of rotatable bonds is 9.